The van der Waals surface area contributed by atoms with Crippen LogP contribution in [0.15, 0.2) is 18.2 Å². The Bertz CT molecular complexity index is 305. The fourth-order valence-electron chi connectivity index (χ4n) is 1.52. The van der Waals surface area contributed by atoms with Crippen LogP contribution in [0.5, 0.6) is 5.75 Å². The molecule has 0 saturated heterocycles. The highest BCUT2D eigenvalue weighted by Crippen LogP contribution is 2.19. The third-order valence-corrected chi connectivity index (χ3v) is 2.24. The summed E-state index contributed by atoms with van der Waals surface area (Å²) < 4.78 is 5.12. The summed E-state index contributed by atoms with van der Waals surface area (Å²) in [7, 11) is 1.64. The van der Waals surface area contributed by atoms with E-state index in [1.54, 1.807) is 7.11 Å². The standard InChI is InChI=1S/C12H16O2/c1-3-4-10-5-6-12(14-2)9-11(10)7-8-13/h5-6,8-9H,3-4,7H2,1-2H3. The predicted molar refractivity (Wildman–Crippen MR) is 56.8 cm³/mol. The Balaban J connectivity index is 2.96. The first-order chi connectivity index (χ1) is 6.81. The number of benzene rings is 1. The normalized spacial score (nSPS) is 9.86. The highest BCUT2D eigenvalue weighted by atomic mass is 16.5. The van der Waals surface area contributed by atoms with Gasteiger partial charge in [0.15, 0.2) is 0 Å². The zero-order valence-corrected chi connectivity index (χ0v) is 8.75. The maximum absolute atomic E-state index is 10.5. The molecular formula is C12H16O2. The quantitative estimate of drug-likeness (QED) is 0.669. The molecule has 0 aromatic heterocycles. The van der Waals surface area contributed by atoms with Crippen molar-refractivity contribution in [3.05, 3.63) is 29.3 Å². The molecule has 2 nitrogen and oxygen atoms in total. The van der Waals surface area contributed by atoms with Crippen LogP contribution in [0.3, 0.4) is 0 Å². The Kier molecular flexibility index (Phi) is 4.17. The molecule has 0 radical (unpaired) electrons. The van der Waals surface area contributed by atoms with E-state index in [0.717, 1.165) is 30.4 Å². The van der Waals surface area contributed by atoms with Crippen LogP contribution < -0.4 is 4.74 Å². The smallest absolute Gasteiger partial charge is 0.124 e. The molecule has 0 bridgehead atoms. The van der Waals surface area contributed by atoms with Crippen molar-refractivity contribution >= 4 is 6.29 Å². The lowest BCUT2D eigenvalue weighted by Gasteiger charge is -2.08. The second kappa shape index (κ2) is 5.43. The molecule has 76 valence electrons. The van der Waals surface area contributed by atoms with Crippen LogP contribution in [0.25, 0.3) is 0 Å². The second-order valence-electron chi connectivity index (χ2n) is 3.26. The van der Waals surface area contributed by atoms with Gasteiger partial charge in [0.05, 0.1) is 7.11 Å². The lowest BCUT2D eigenvalue weighted by molar-refractivity contribution is -0.107. The van der Waals surface area contributed by atoms with Crippen LogP contribution in [-0.2, 0) is 17.6 Å². The Morgan fingerprint density at radius 3 is 2.71 bits per heavy atom. The first-order valence-electron chi connectivity index (χ1n) is 4.91. The summed E-state index contributed by atoms with van der Waals surface area (Å²) in [4.78, 5) is 10.5. The summed E-state index contributed by atoms with van der Waals surface area (Å²) in [6, 6.07) is 5.93. The van der Waals surface area contributed by atoms with Gasteiger partial charge in [-0.15, -0.1) is 0 Å². The van der Waals surface area contributed by atoms with Gasteiger partial charge in [-0.25, -0.2) is 0 Å². The molecule has 0 heterocycles. The van der Waals surface area contributed by atoms with Crippen molar-refractivity contribution in [2.75, 3.05) is 7.11 Å². The number of carbonyl (C=O) groups excluding carboxylic acids is 1. The molecule has 2 heteroatoms. The molecule has 0 atom stereocenters. The average molecular weight is 192 g/mol. The third-order valence-electron chi connectivity index (χ3n) is 2.24. The second-order valence-corrected chi connectivity index (χ2v) is 3.26. The van der Waals surface area contributed by atoms with E-state index >= 15 is 0 Å². The number of rotatable bonds is 5. The van der Waals surface area contributed by atoms with Crippen LogP contribution in [0, 0.1) is 0 Å². The van der Waals surface area contributed by atoms with Crippen LogP contribution in [0.4, 0.5) is 0 Å². The lowest BCUT2D eigenvalue weighted by atomic mass is 10.0. The largest absolute Gasteiger partial charge is 0.497 e. The van der Waals surface area contributed by atoms with E-state index in [9.17, 15) is 4.79 Å². The number of methoxy groups -OCH3 is 1. The average Bonchev–Trinajstić information content (AvgIpc) is 2.21. The molecule has 14 heavy (non-hydrogen) atoms. The Hall–Kier alpha value is -1.31. The van der Waals surface area contributed by atoms with Gasteiger partial charge in [-0.05, 0) is 29.7 Å². The van der Waals surface area contributed by atoms with Crippen LogP contribution in [0.2, 0.25) is 0 Å². The number of aryl methyl sites for hydroxylation is 1. The van der Waals surface area contributed by atoms with Gasteiger partial charge in [-0.2, -0.15) is 0 Å². The van der Waals surface area contributed by atoms with Crippen LogP contribution in [-0.4, -0.2) is 13.4 Å². The fourth-order valence-corrected chi connectivity index (χ4v) is 1.52. The third kappa shape index (κ3) is 2.59. The first kappa shape index (κ1) is 10.8. The van der Waals surface area contributed by atoms with Crippen LogP contribution >= 0.6 is 0 Å². The molecule has 0 spiro atoms. The number of hydrogen-bond donors (Lipinski definition) is 0. The van der Waals surface area contributed by atoms with E-state index in [4.69, 9.17) is 4.74 Å². The van der Waals surface area contributed by atoms with E-state index in [-0.39, 0.29) is 0 Å². The van der Waals surface area contributed by atoms with E-state index < -0.39 is 0 Å². The highest BCUT2D eigenvalue weighted by molar-refractivity contribution is 5.57. The van der Waals surface area contributed by atoms with Crippen molar-refractivity contribution in [3.63, 3.8) is 0 Å². The molecule has 0 N–H and O–H groups in total. The molecule has 1 aromatic carbocycles. The summed E-state index contributed by atoms with van der Waals surface area (Å²) in [6.45, 7) is 2.13. The van der Waals surface area contributed by atoms with Crippen molar-refractivity contribution in [2.24, 2.45) is 0 Å². The van der Waals surface area contributed by atoms with Gasteiger partial charge in [-0.3, -0.25) is 0 Å². The monoisotopic (exact) mass is 192 g/mol. The summed E-state index contributed by atoms with van der Waals surface area (Å²) in [6.07, 6.45) is 3.53. The maximum atomic E-state index is 10.5. The molecule has 0 saturated carbocycles. The topological polar surface area (TPSA) is 26.3 Å². The summed E-state index contributed by atoms with van der Waals surface area (Å²) >= 11 is 0. The fraction of sp³-hybridized carbons (Fsp3) is 0.417. The van der Waals surface area contributed by atoms with E-state index in [1.165, 1.54) is 5.56 Å². The maximum Gasteiger partial charge on any atom is 0.124 e. The van der Waals surface area contributed by atoms with Gasteiger partial charge >= 0.3 is 0 Å². The number of aldehydes is 1. The number of ether oxygens (including phenoxy) is 1. The van der Waals surface area contributed by atoms with E-state index in [1.807, 2.05) is 18.2 Å². The van der Waals surface area contributed by atoms with E-state index in [0.29, 0.717) is 6.42 Å². The number of carbonyl (C=O) groups is 1. The molecule has 1 rings (SSSR count). The van der Waals surface area contributed by atoms with Gasteiger partial charge in [0, 0.05) is 6.42 Å². The van der Waals surface area contributed by atoms with Gasteiger partial charge in [-0.1, -0.05) is 19.4 Å². The lowest BCUT2D eigenvalue weighted by Crippen LogP contribution is -1.96. The Morgan fingerprint density at radius 1 is 1.36 bits per heavy atom. The van der Waals surface area contributed by atoms with Gasteiger partial charge in [0.25, 0.3) is 0 Å². The minimum atomic E-state index is 0.479. The first-order valence-corrected chi connectivity index (χ1v) is 4.91. The Morgan fingerprint density at radius 2 is 2.14 bits per heavy atom. The van der Waals surface area contributed by atoms with Crippen molar-refractivity contribution in [1.29, 1.82) is 0 Å². The van der Waals surface area contributed by atoms with Crippen molar-refractivity contribution in [3.8, 4) is 5.75 Å². The van der Waals surface area contributed by atoms with E-state index in [2.05, 4.69) is 6.92 Å². The SMILES string of the molecule is CCCc1ccc(OC)cc1CC=O. The van der Waals surface area contributed by atoms with Crippen LogP contribution in [0.1, 0.15) is 24.5 Å². The molecule has 0 aliphatic carbocycles. The molecular weight excluding hydrogens is 176 g/mol. The molecule has 0 fully saturated rings. The molecule has 0 aliphatic heterocycles. The predicted octanol–water partition coefficient (Wildman–Crippen LogP) is 2.39. The molecule has 0 unspecified atom stereocenters. The zero-order chi connectivity index (χ0) is 10.4. The van der Waals surface area contributed by atoms with Gasteiger partial charge < -0.3 is 9.53 Å². The minimum Gasteiger partial charge on any atom is -0.497 e. The van der Waals surface area contributed by atoms with Crippen molar-refractivity contribution < 1.29 is 9.53 Å². The highest BCUT2D eigenvalue weighted by Gasteiger charge is 2.02. The molecule has 0 amide bonds. The molecule has 0 aliphatic rings. The minimum absolute atomic E-state index is 0.479. The van der Waals surface area contributed by atoms with Gasteiger partial charge in [0.1, 0.15) is 12.0 Å². The summed E-state index contributed by atoms with van der Waals surface area (Å²) in [5.74, 6) is 0.821. The summed E-state index contributed by atoms with van der Waals surface area (Å²) in [5.41, 5.74) is 2.33. The zero-order valence-electron chi connectivity index (χ0n) is 8.75. The number of hydrogen-bond acceptors (Lipinski definition) is 2. The van der Waals surface area contributed by atoms with Gasteiger partial charge in [0.2, 0.25) is 0 Å². The van der Waals surface area contributed by atoms with Crippen molar-refractivity contribution in [1.82, 2.24) is 0 Å². The van der Waals surface area contributed by atoms with Crippen molar-refractivity contribution in [2.45, 2.75) is 26.2 Å². The Labute approximate surface area is 84.9 Å². The summed E-state index contributed by atoms with van der Waals surface area (Å²) in [5, 5.41) is 0. The molecule has 1 aromatic rings.